The zero-order valence-corrected chi connectivity index (χ0v) is 6.94. The summed E-state index contributed by atoms with van der Waals surface area (Å²) in [7, 11) is 0. The summed E-state index contributed by atoms with van der Waals surface area (Å²) < 4.78 is 7.24. The molecular formula is C8H13N3O. The molecule has 0 bridgehead atoms. The van der Waals surface area contributed by atoms with Gasteiger partial charge in [0.05, 0.1) is 6.61 Å². The number of nitrogens with two attached hydrogens (primary N) is 1. The van der Waals surface area contributed by atoms with Gasteiger partial charge in [-0.1, -0.05) is 0 Å². The minimum atomic E-state index is 0.599. The van der Waals surface area contributed by atoms with Crippen molar-refractivity contribution in [3.8, 4) is 0 Å². The van der Waals surface area contributed by atoms with E-state index >= 15 is 0 Å². The number of hydrogen-bond donors (Lipinski definition) is 1. The minimum Gasteiger partial charge on any atom is -0.381 e. The average Bonchev–Trinajstić information content (AvgIpc) is 2.65. The lowest BCUT2D eigenvalue weighted by Crippen LogP contribution is -2.11. The molecule has 4 heteroatoms. The molecule has 1 aliphatic heterocycles. The van der Waals surface area contributed by atoms with Gasteiger partial charge in [0.25, 0.3) is 0 Å². The number of imidazole rings is 1. The molecule has 0 amide bonds. The van der Waals surface area contributed by atoms with Crippen LogP contribution in [0, 0.1) is 5.92 Å². The van der Waals surface area contributed by atoms with Gasteiger partial charge < -0.3 is 15.0 Å². The number of aromatic nitrogens is 2. The lowest BCUT2D eigenvalue weighted by Gasteiger charge is -2.08. The number of ether oxygens (including phenoxy) is 1. The van der Waals surface area contributed by atoms with E-state index in [1.165, 1.54) is 0 Å². The first kappa shape index (κ1) is 7.61. The number of nitrogens with zero attached hydrogens (tertiary/aromatic N) is 2. The molecule has 2 rings (SSSR count). The van der Waals surface area contributed by atoms with Gasteiger partial charge in [-0.15, -0.1) is 0 Å². The van der Waals surface area contributed by atoms with Crippen LogP contribution >= 0.6 is 0 Å². The second-order valence-corrected chi connectivity index (χ2v) is 3.17. The summed E-state index contributed by atoms with van der Waals surface area (Å²) in [5.74, 6) is 1.21. The summed E-state index contributed by atoms with van der Waals surface area (Å²) in [6.07, 6.45) is 4.77. The second-order valence-electron chi connectivity index (χ2n) is 3.17. The maximum atomic E-state index is 5.63. The average molecular weight is 167 g/mol. The molecule has 1 fully saturated rings. The van der Waals surface area contributed by atoms with Crippen LogP contribution in [0.25, 0.3) is 0 Å². The summed E-state index contributed by atoms with van der Waals surface area (Å²) >= 11 is 0. The molecule has 1 aliphatic rings. The summed E-state index contributed by atoms with van der Waals surface area (Å²) in [5, 5.41) is 0. The molecule has 1 aromatic rings. The van der Waals surface area contributed by atoms with E-state index in [1.54, 1.807) is 6.20 Å². The van der Waals surface area contributed by atoms with Crippen molar-refractivity contribution in [3.05, 3.63) is 12.4 Å². The van der Waals surface area contributed by atoms with Crippen molar-refractivity contribution < 1.29 is 4.74 Å². The van der Waals surface area contributed by atoms with Crippen LogP contribution in [0.3, 0.4) is 0 Å². The van der Waals surface area contributed by atoms with Gasteiger partial charge in [0.15, 0.2) is 5.95 Å². The third kappa shape index (κ3) is 1.43. The van der Waals surface area contributed by atoms with Crippen LogP contribution in [0.5, 0.6) is 0 Å². The molecule has 0 aliphatic carbocycles. The van der Waals surface area contributed by atoms with Gasteiger partial charge in [-0.2, -0.15) is 0 Å². The van der Waals surface area contributed by atoms with E-state index in [0.29, 0.717) is 11.9 Å². The van der Waals surface area contributed by atoms with Gasteiger partial charge in [-0.3, -0.25) is 0 Å². The number of rotatable bonds is 2. The third-order valence-corrected chi connectivity index (χ3v) is 2.23. The van der Waals surface area contributed by atoms with Crippen LogP contribution < -0.4 is 5.73 Å². The Balaban J connectivity index is 1.98. The van der Waals surface area contributed by atoms with E-state index < -0.39 is 0 Å². The van der Waals surface area contributed by atoms with Gasteiger partial charge >= 0.3 is 0 Å². The van der Waals surface area contributed by atoms with Crippen molar-refractivity contribution in [2.75, 3.05) is 18.9 Å². The second kappa shape index (κ2) is 3.15. The normalized spacial score (nSPS) is 23.2. The van der Waals surface area contributed by atoms with Crippen molar-refractivity contribution in [2.45, 2.75) is 13.0 Å². The first-order chi connectivity index (χ1) is 5.86. The molecule has 2 heterocycles. The van der Waals surface area contributed by atoms with Crippen molar-refractivity contribution in [1.29, 1.82) is 0 Å². The largest absolute Gasteiger partial charge is 0.381 e. The molecule has 1 atom stereocenters. The standard InChI is InChI=1S/C8H13N3O/c9-8-10-2-3-11(8)5-7-1-4-12-6-7/h2-3,7H,1,4-6H2,(H2,9,10). The summed E-state index contributed by atoms with van der Waals surface area (Å²) in [4.78, 5) is 3.96. The SMILES string of the molecule is Nc1nccn1CC1CCOC1. The number of hydrogen-bond acceptors (Lipinski definition) is 3. The summed E-state index contributed by atoms with van der Waals surface area (Å²) in [6.45, 7) is 2.68. The number of nitrogen functional groups attached to an aromatic ring is 1. The first-order valence-corrected chi connectivity index (χ1v) is 4.20. The molecule has 2 N–H and O–H groups in total. The van der Waals surface area contributed by atoms with Crippen LogP contribution in [0.1, 0.15) is 6.42 Å². The van der Waals surface area contributed by atoms with Crippen molar-refractivity contribution in [2.24, 2.45) is 5.92 Å². The molecule has 0 saturated carbocycles. The Hall–Kier alpha value is -1.03. The fraction of sp³-hybridized carbons (Fsp3) is 0.625. The highest BCUT2D eigenvalue weighted by Crippen LogP contribution is 2.15. The first-order valence-electron chi connectivity index (χ1n) is 4.20. The minimum absolute atomic E-state index is 0.599. The Kier molecular flexibility index (Phi) is 1.99. The molecule has 66 valence electrons. The van der Waals surface area contributed by atoms with Crippen LogP contribution in [0.15, 0.2) is 12.4 Å². The molecule has 4 nitrogen and oxygen atoms in total. The van der Waals surface area contributed by atoms with Crippen LogP contribution in [-0.4, -0.2) is 22.8 Å². The smallest absolute Gasteiger partial charge is 0.200 e. The molecule has 1 unspecified atom stereocenters. The van der Waals surface area contributed by atoms with E-state index in [9.17, 15) is 0 Å². The van der Waals surface area contributed by atoms with E-state index in [1.807, 2.05) is 10.8 Å². The highest BCUT2D eigenvalue weighted by Gasteiger charge is 2.16. The number of anilines is 1. The highest BCUT2D eigenvalue weighted by molar-refractivity contribution is 5.16. The fourth-order valence-corrected chi connectivity index (χ4v) is 1.50. The predicted molar refractivity (Wildman–Crippen MR) is 45.6 cm³/mol. The Morgan fingerprint density at radius 1 is 1.75 bits per heavy atom. The van der Waals surface area contributed by atoms with Crippen LogP contribution in [0.4, 0.5) is 5.95 Å². The van der Waals surface area contributed by atoms with Crippen LogP contribution in [0.2, 0.25) is 0 Å². The van der Waals surface area contributed by atoms with E-state index in [2.05, 4.69) is 4.98 Å². The van der Waals surface area contributed by atoms with E-state index in [4.69, 9.17) is 10.5 Å². The molecule has 0 radical (unpaired) electrons. The lowest BCUT2D eigenvalue weighted by atomic mass is 10.1. The van der Waals surface area contributed by atoms with Crippen molar-refractivity contribution in [3.63, 3.8) is 0 Å². The van der Waals surface area contributed by atoms with E-state index in [-0.39, 0.29) is 0 Å². The monoisotopic (exact) mass is 167 g/mol. The van der Waals surface area contributed by atoms with Crippen molar-refractivity contribution >= 4 is 5.95 Å². The molecule has 0 spiro atoms. The molecule has 1 aromatic heterocycles. The highest BCUT2D eigenvalue weighted by atomic mass is 16.5. The Morgan fingerprint density at radius 2 is 2.67 bits per heavy atom. The topological polar surface area (TPSA) is 53.1 Å². The quantitative estimate of drug-likeness (QED) is 0.698. The molecule has 1 saturated heterocycles. The molecular weight excluding hydrogens is 154 g/mol. The van der Waals surface area contributed by atoms with Gasteiger partial charge in [-0.05, 0) is 6.42 Å². The molecule has 12 heavy (non-hydrogen) atoms. The Morgan fingerprint density at radius 3 is 3.25 bits per heavy atom. The zero-order valence-electron chi connectivity index (χ0n) is 6.94. The summed E-state index contributed by atoms with van der Waals surface area (Å²) in [6, 6.07) is 0. The summed E-state index contributed by atoms with van der Waals surface area (Å²) in [5.41, 5.74) is 5.63. The predicted octanol–water partition coefficient (Wildman–Crippen LogP) is 0.502. The van der Waals surface area contributed by atoms with Crippen molar-refractivity contribution in [1.82, 2.24) is 9.55 Å². The van der Waals surface area contributed by atoms with E-state index in [0.717, 1.165) is 26.2 Å². The third-order valence-electron chi connectivity index (χ3n) is 2.23. The Bertz CT molecular complexity index is 253. The van der Waals surface area contributed by atoms with Gasteiger partial charge in [0.2, 0.25) is 0 Å². The van der Waals surface area contributed by atoms with Gasteiger partial charge in [0, 0.05) is 31.5 Å². The Labute approximate surface area is 71.3 Å². The maximum absolute atomic E-state index is 5.63. The zero-order chi connectivity index (χ0) is 8.39. The van der Waals surface area contributed by atoms with Gasteiger partial charge in [-0.25, -0.2) is 4.98 Å². The molecule has 0 aromatic carbocycles. The fourth-order valence-electron chi connectivity index (χ4n) is 1.50. The maximum Gasteiger partial charge on any atom is 0.200 e. The van der Waals surface area contributed by atoms with Gasteiger partial charge in [0.1, 0.15) is 0 Å². The van der Waals surface area contributed by atoms with Crippen LogP contribution in [-0.2, 0) is 11.3 Å². The lowest BCUT2D eigenvalue weighted by molar-refractivity contribution is 0.182.